The second-order valence-electron chi connectivity index (χ2n) is 13.7. The van der Waals surface area contributed by atoms with Gasteiger partial charge in [-0.3, -0.25) is 9.59 Å². The van der Waals surface area contributed by atoms with Gasteiger partial charge in [0.05, 0.1) is 25.0 Å². The summed E-state index contributed by atoms with van der Waals surface area (Å²) in [5.74, 6) is 0.365. The summed E-state index contributed by atoms with van der Waals surface area (Å²) in [5.41, 5.74) is 0. The van der Waals surface area contributed by atoms with Crippen molar-refractivity contribution in [2.24, 2.45) is 11.8 Å². The Morgan fingerprint density at radius 2 is 0.689 bits per heavy atom. The maximum atomic E-state index is 12.6. The lowest BCUT2D eigenvalue weighted by atomic mass is 9.95. The second kappa shape index (κ2) is 35.7. The number of unbranched alkanes of at least 4 members (excludes halogenated alkanes) is 18. The number of esters is 2. The predicted octanol–water partition coefficient (Wildman–Crippen LogP) is 11.9. The fraction of sp³-hybridized carbons (Fsp3) is 0.950. The largest absolute Gasteiger partial charge is 0.465 e. The van der Waals surface area contributed by atoms with Gasteiger partial charge in [0.1, 0.15) is 0 Å². The van der Waals surface area contributed by atoms with Gasteiger partial charge in [0.2, 0.25) is 0 Å². The highest BCUT2D eigenvalue weighted by Crippen LogP contribution is 2.21. The Morgan fingerprint density at radius 1 is 0.400 bits per heavy atom. The van der Waals surface area contributed by atoms with E-state index in [9.17, 15) is 9.59 Å². The molecule has 0 saturated carbocycles. The summed E-state index contributed by atoms with van der Waals surface area (Å²) < 4.78 is 11.3. The van der Waals surface area contributed by atoms with Crippen molar-refractivity contribution in [1.29, 1.82) is 0 Å². The molecule has 0 amide bonds. The Balaban J connectivity index is 3.58. The van der Waals surface area contributed by atoms with Crippen molar-refractivity contribution in [3.05, 3.63) is 0 Å². The predicted molar refractivity (Wildman–Crippen MR) is 194 cm³/mol. The van der Waals surface area contributed by atoms with E-state index in [1.807, 2.05) is 0 Å². The van der Waals surface area contributed by atoms with Crippen LogP contribution in [0.25, 0.3) is 0 Å². The zero-order valence-corrected chi connectivity index (χ0v) is 30.9. The summed E-state index contributed by atoms with van der Waals surface area (Å²) in [4.78, 5) is 25.1. The lowest BCUT2D eigenvalue weighted by Gasteiger charge is -2.16. The van der Waals surface area contributed by atoms with Gasteiger partial charge in [0, 0.05) is 0 Å². The minimum Gasteiger partial charge on any atom is -0.465 e. The number of ether oxygens (including phenoxy) is 2. The molecule has 45 heavy (non-hydrogen) atoms. The fourth-order valence-corrected chi connectivity index (χ4v) is 6.15. The molecule has 0 radical (unpaired) electrons. The van der Waals surface area contributed by atoms with Crippen molar-refractivity contribution in [2.75, 3.05) is 26.3 Å². The van der Waals surface area contributed by atoms with E-state index in [0.717, 1.165) is 90.1 Å². The molecule has 0 aliphatic heterocycles. The molecule has 0 unspecified atom stereocenters. The summed E-state index contributed by atoms with van der Waals surface area (Å²) in [6.07, 6.45) is 32.7. The van der Waals surface area contributed by atoms with Gasteiger partial charge in [-0.1, -0.05) is 156 Å². The van der Waals surface area contributed by atoms with Crippen molar-refractivity contribution >= 4 is 11.9 Å². The highest BCUT2D eigenvalue weighted by molar-refractivity contribution is 5.72. The molecular formula is C40H79NO4. The molecule has 0 bridgehead atoms. The highest BCUT2D eigenvalue weighted by atomic mass is 16.5. The molecule has 0 aromatic carbocycles. The van der Waals surface area contributed by atoms with E-state index < -0.39 is 0 Å². The fourth-order valence-electron chi connectivity index (χ4n) is 6.15. The van der Waals surface area contributed by atoms with Crippen LogP contribution in [-0.2, 0) is 19.1 Å². The topological polar surface area (TPSA) is 64.6 Å². The summed E-state index contributed by atoms with van der Waals surface area (Å²) in [6.45, 7) is 12.3. The first-order valence-corrected chi connectivity index (χ1v) is 20.1. The average Bonchev–Trinajstić information content (AvgIpc) is 3.04. The molecular weight excluding hydrogens is 558 g/mol. The van der Waals surface area contributed by atoms with Crippen LogP contribution in [0.3, 0.4) is 0 Å². The minimum absolute atomic E-state index is 0.0606. The van der Waals surface area contributed by atoms with Crippen LogP contribution in [0.15, 0.2) is 0 Å². The molecule has 0 fully saturated rings. The van der Waals surface area contributed by atoms with Crippen molar-refractivity contribution in [3.8, 4) is 0 Å². The van der Waals surface area contributed by atoms with Gasteiger partial charge in [-0.15, -0.1) is 0 Å². The maximum absolute atomic E-state index is 12.6. The van der Waals surface area contributed by atoms with E-state index in [4.69, 9.17) is 9.47 Å². The number of carbonyl (C=O) groups excluding carboxylic acids is 2. The SMILES string of the molecule is CCCCCC(CCCCC)C(=O)OCCCCCCCCNCCCCCCCCOC(=O)C(CCCCC)CCCCC. The van der Waals surface area contributed by atoms with Crippen LogP contribution in [-0.4, -0.2) is 38.2 Å². The Hall–Kier alpha value is -1.10. The monoisotopic (exact) mass is 638 g/mol. The maximum Gasteiger partial charge on any atom is 0.308 e. The van der Waals surface area contributed by atoms with Crippen molar-refractivity contribution in [1.82, 2.24) is 5.32 Å². The zero-order chi connectivity index (χ0) is 33.1. The van der Waals surface area contributed by atoms with Gasteiger partial charge >= 0.3 is 11.9 Å². The average molecular weight is 638 g/mol. The van der Waals surface area contributed by atoms with Crippen molar-refractivity contribution in [3.63, 3.8) is 0 Å². The molecule has 0 spiro atoms. The van der Waals surface area contributed by atoms with Crippen LogP contribution in [0.1, 0.15) is 207 Å². The van der Waals surface area contributed by atoms with E-state index in [0.29, 0.717) is 13.2 Å². The molecule has 0 heterocycles. The molecule has 0 aliphatic carbocycles. The molecule has 0 aromatic rings. The molecule has 5 nitrogen and oxygen atoms in total. The van der Waals surface area contributed by atoms with E-state index in [1.165, 1.54) is 103 Å². The van der Waals surface area contributed by atoms with Gasteiger partial charge in [0.25, 0.3) is 0 Å². The first-order chi connectivity index (χ1) is 22.1. The van der Waals surface area contributed by atoms with Crippen LogP contribution < -0.4 is 5.32 Å². The third-order valence-corrected chi connectivity index (χ3v) is 9.28. The van der Waals surface area contributed by atoms with Crippen LogP contribution in [0.2, 0.25) is 0 Å². The lowest BCUT2D eigenvalue weighted by molar-refractivity contribution is -0.150. The van der Waals surface area contributed by atoms with Crippen LogP contribution in [0, 0.1) is 11.8 Å². The first-order valence-electron chi connectivity index (χ1n) is 20.1. The van der Waals surface area contributed by atoms with Crippen molar-refractivity contribution in [2.45, 2.75) is 207 Å². The molecule has 0 atom stereocenters. The number of hydrogen-bond acceptors (Lipinski definition) is 5. The van der Waals surface area contributed by atoms with E-state index in [1.54, 1.807) is 0 Å². The molecule has 0 rings (SSSR count). The summed E-state index contributed by atoms with van der Waals surface area (Å²) >= 11 is 0. The third kappa shape index (κ3) is 30.0. The Labute approximate surface area is 281 Å². The van der Waals surface area contributed by atoms with Gasteiger partial charge in [-0.05, 0) is 64.5 Å². The lowest BCUT2D eigenvalue weighted by Crippen LogP contribution is -2.18. The number of rotatable bonds is 36. The zero-order valence-electron chi connectivity index (χ0n) is 30.9. The Kier molecular flexibility index (Phi) is 34.9. The Bertz CT molecular complexity index is 553. The molecule has 0 saturated heterocycles. The number of carbonyl (C=O) groups is 2. The quantitative estimate of drug-likeness (QED) is 0.0547. The summed E-state index contributed by atoms with van der Waals surface area (Å²) in [6, 6.07) is 0. The van der Waals surface area contributed by atoms with Crippen LogP contribution in [0.5, 0.6) is 0 Å². The number of hydrogen-bond donors (Lipinski definition) is 1. The van der Waals surface area contributed by atoms with Gasteiger partial charge in [-0.2, -0.15) is 0 Å². The molecule has 1 N–H and O–H groups in total. The van der Waals surface area contributed by atoms with Gasteiger partial charge < -0.3 is 14.8 Å². The Morgan fingerprint density at radius 3 is 1.00 bits per heavy atom. The molecule has 268 valence electrons. The number of nitrogens with one attached hydrogen (secondary N) is 1. The van der Waals surface area contributed by atoms with E-state index in [-0.39, 0.29) is 23.8 Å². The summed E-state index contributed by atoms with van der Waals surface area (Å²) in [7, 11) is 0. The minimum atomic E-state index is 0.0606. The normalized spacial score (nSPS) is 11.5. The van der Waals surface area contributed by atoms with E-state index >= 15 is 0 Å². The highest BCUT2D eigenvalue weighted by Gasteiger charge is 2.20. The first kappa shape index (κ1) is 43.9. The standard InChI is InChI=1S/C40H79NO4/c1-5-9-21-29-37(30-22-10-6-2)39(42)44-35-27-19-15-13-17-25-33-41-34-26-18-14-16-20-28-36-45-40(43)38(31-23-11-7-3)32-24-12-8-4/h37-38,41H,5-36H2,1-4H3. The summed E-state index contributed by atoms with van der Waals surface area (Å²) in [5, 5.41) is 3.61. The van der Waals surface area contributed by atoms with Gasteiger partial charge in [0.15, 0.2) is 0 Å². The molecule has 5 heteroatoms. The van der Waals surface area contributed by atoms with Gasteiger partial charge in [-0.25, -0.2) is 0 Å². The van der Waals surface area contributed by atoms with Crippen LogP contribution >= 0.6 is 0 Å². The molecule has 0 aliphatic rings. The smallest absolute Gasteiger partial charge is 0.308 e. The molecule has 0 aromatic heterocycles. The van der Waals surface area contributed by atoms with Crippen LogP contribution in [0.4, 0.5) is 0 Å². The van der Waals surface area contributed by atoms with E-state index in [2.05, 4.69) is 33.0 Å². The third-order valence-electron chi connectivity index (χ3n) is 9.28. The van der Waals surface area contributed by atoms with Crippen molar-refractivity contribution < 1.29 is 19.1 Å². The second-order valence-corrected chi connectivity index (χ2v) is 13.7.